The lowest BCUT2D eigenvalue weighted by Gasteiger charge is -2.28. The van der Waals surface area contributed by atoms with Crippen LogP contribution in [0.25, 0.3) is 22.7 Å². The molecule has 0 aliphatic carbocycles. The minimum Gasteiger partial charge on any atom is -0.469 e. The number of benzene rings is 2. The summed E-state index contributed by atoms with van der Waals surface area (Å²) in [6.07, 6.45) is 1.71. The molecule has 3 aromatic heterocycles. The molecule has 0 radical (unpaired) electrons. The van der Waals surface area contributed by atoms with Crippen molar-refractivity contribution in [3.8, 4) is 17.3 Å². The van der Waals surface area contributed by atoms with E-state index in [4.69, 9.17) is 23.5 Å². The lowest BCUT2D eigenvalue weighted by atomic mass is 9.72. The average Bonchev–Trinajstić information content (AvgIpc) is 3.81. The molecule has 4 bridgehead atoms. The van der Waals surface area contributed by atoms with Crippen LogP contribution in [0.15, 0.2) is 69.8 Å². The molecule has 3 aliphatic rings. The summed E-state index contributed by atoms with van der Waals surface area (Å²) in [5.74, 6) is -0.138. The van der Waals surface area contributed by atoms with Crippen molar-refractivity contribution >= 4 is 28.5 Å². The van der Waals surface area contributed by atoms with Crippen LogP contribution in [0.5, 0.6) is 5.75 Å². The summed E-state index contributed by atoms with van der Waals surface area (Å²) in [6.45, 7) is 7.52. The van der Waals surface area contributed by atoms with Gasteiger partial charge in [-0.25, -0.2) is 9.97 Å². The van der Waals surface area contributed by atoms with Crippen LogP contribution >= 0.6 is 0 Å². The number of aromatic nitrogens is 3. The monoisotopic (exact) mass is 633 g/mol. The van der Waals surface area contributed by atoms with Crippen LogP contribution in [0, 0.1) is 17.8 Å². The quantitative estimate of drug-likeness (QED) is 0.224. The molecule has 2 aromatic carbocycles. The molecule has 1 unspecified atom stereocenters. The zero-order valence-electron chi connectivity index (χ0n) is 26.5. The van der Waals surface area contributed by atoms with Crippen molar-refractivity contribution in [3.05, 3.63) is 89.3 Å². The van der Waals surface area contributed by atoms with Crippen molar-refractivity contribution in [2.24, 2.45) is 17.8 Å². The molecular weight excluding hydrogens is 598 g/mol. The van der Waals surface area contributed by atoms with Gasteiger partial charge < -0.3 is 29.3 Å². The lowest BCUT2D eigenvalue weighted by Crippen LogP contribution is -2.41. The predicted molar refractivity (Wildman–Crippen MR) is 171 cm³/mol. The minimum absolute atomic E-state index is 0.110. The summed E-state index contributed by atoms with van der Waals surface area (Å²) in [4.78, 5) is 41.2. The second-order valence-corrected chi connectivity index (χ2v) is 13.4. The standard InChI is InChI=1S/C36H35N5O6/c1-17(2)28-33-41-29(34-38-24-16-37-12-11-27(24)45-34)31(47-33)36-21-7-5-6-8-23(21)39-35(36)46-26-10-9-19(14-22(26)36)13-20(32(44)40-28)15-25(42)30(43)18(3)4/h5-12,14,16-18,20,28,30,35,39,43H,13,15H2,1-4H3,(H,40,44)/t20-,28+,30+,35+,36?/m1/s1. The second kappa shape index (κ2) is 10.8. The zero-order chi connectivity index (χ0) is 32.6. The summed E-state index contributed by atoms with van der Waals surface area (Å²) in [7, 11) is 0. The number of nitrogens with zero attached hydrogens (tertiary/aromatic N) is 3. The third-order valence-corrected chi connectivity index (χ3v) is 9.63. The van der Waals surface area contributed by atoms with Crippen molar-refractivity contribution in [1.29, 1.82) is 0 Å². The molecule has 11 heteroatoms. The number of ether oxygens (including phenoxy) is 1. The van der Waals surface area contributed by atoms with Crippen LogP contribution in [-0.2, 0) is 21.4 Å². The van der Waals surface area contributed by atoms with Crippen LogP contribution in [-0.4, -0.2) is 44.1 Å². The summed E-state index contributed by atoms with van der Waals surface area (Å²) in [6, 6.07) is 15.0. The highest BCUT2D eigenvalue weighted by molar-refractivity contribution is 5.89. The van der Waals surface area contributed by atoms with Gasteiger partial charge >= 0.3 is 0 Å². The van der Waals surface area contributed by atoms with E-state index in [1.165, 1.54) is 0 Å². The second-order valence-electron chi connectivity index (χ2n) is 13.4. The number of aliphatic hydroxyl groups is 1. The molecule has 3 N–H and O–H groups in total. The maximum Gasteiger partial charge on any atom is 0.250 e. The number of oxazole rings is 2. The Hall–Kier alpha value is -5.03. The average molecular weight is 634 g/mol. The number of carbonyl (C=O) groups excluding carboxylic acids is 2. The Balaban J connectivity index is 1.38. The summed E-state index contributed by atoms with van der Waals surface area (Å²) in [5, 5.41) is 17.3. The summed E-state index contributed by atoms with van der Waals surface area (Å²) in [5.41, 5.74) is 4.05. The number of hydrogen-bond donors (Lipinski definition) is 3. The highest BCUT2D eigenvalue weighted by atomic mass is 16.5. The van der Waals surface area contributed by atoms with Crippen molar-refractivity contribution in [1.82, 2.24) is 20.3 Å². The van der Waals surface area contributed by atoms with Gasteiger partial charge in [0.05, 0.1) is 6.20 Å². The van der Waals surface area contributed by atoms with E-state index in [0.717, 1.165) is 22.4 Å². The van der Waals surface area contributed by atoms with E-state index in [-0.39, 0.29) is 48.1 Å². The number of Topliss-reactive ketones (excluding diaryl/α,β-unsaturated/α-hetero) is 1. The first-order valence-electron chi connectivity index (χ1n) is 16.0. The van der Waals surface area contributed by atoms with Crippen LogP contribution in [0.3, 0.4) is 0 Å². The van der Waals surface area contributed by atoms with Gasteiger partial charge in [0.25, 0.3) is 0 Å². The normalized spacial score (nSPS) is 23.4. The SMILES string of the molecule is CC(C)[C@H](O)C(=O)C[C@H]1Cc2ccc3c(c2)C2(c4ccccc4N[C@H]2O3)c2oc(nc2-c2nc3cnccc3o2)[C@H](C(C)C)NC1=O. The molecule has 5 atom stereocenters. The molecule has 0 saturated carbocycles. The molecule has 11 nitrogen and oxygen atoms in total. The van der Waals surface area contributed by atoms with Crippen molar-refractivity contribution in [2.75, 3.05) is 5.32 Å². The van der Waals surface area contributed by atoms with Gasteiger partial charge in [0.2, 0.25) is 17.7 Å². The maximum absolute atomic E-state index is 14.1. The number of amides is 1. The van der Waals surface area contributed by atoms with Crippen LogP contribution in [0.1, 0.15) is 68.5 Å². The number of hydrogen-bond acceptors (Lipinski definition) is 10. The molecule has 5 aromatic rings. The molecular formula is C36H35N5O6. The zero-order valence-corrected chi connectivity index (χ0v) is 26.5. The van der Waals surface area contributed by atoms with E-state index >= 15 is 0 Å². The van der Waals surface area contributed by atoms with Gasteiger partial charge in [-0.1, -0.05) is 58.0 Å². The first-order chi connectivity index (χ1) is 22.6. The van der Waals surface area contributed by atoms with E-state index in [1.54, 1.807) is 32.3 Å². The smallest absolute Gasteiger partial charge is 0.250 e. The number of fused-ring (bicyclic) bond motifs is 5. The highest BCUT2D eigenvalue weighted by Crippen LogP contribution is 2.59. The van der Waals surface area contributed by atoms with Gasteiger partial charge in [-0.05, 0) is 41.5 Å². The Morgan fingerprint density at radius 1 is 1.04 bits per heavy atom. The third-order valence-electron chi connectivity index (χ3n) is 9.63. The van der Waals surface area contributed by atoms with Crippen molar-refractivity contribution < 1.29 is 28.3 Å². The molecule has 6 heterocycles. The van der Waals surface area contributed by atoms with Gasteiger partial charge in [-0.2, -0.15) is 0 Å². The van der Waals surface area contributed by atoms with Gasteiger partial charge in [-0.15, -0.1) is 0 Å². The Labute approximate surface area is 270 Å². The van der Waals surface area contributed by atoms with E-state index in [1.807, 2.05) is 50.2 Å². The number of aliphatic hydroxyl groups excluding tert-OH is 1. The first kappa shape index (κ1) is 29.4. The predicted octanol–water partition coefficient (Wildman–Crippen LogP) is 5.32. The Bertz CT molecular complexity index is 2020. The van der Waals surface area contributed by atoms with Crippen LogP contribution in [0.4, 0.5) is 5.69 Å². The number of pyridine rings is 1. The Morgan fingerprint density at radius 3 is 2.66 bits per heavy atom. The molecule has 8 rings (SSSR count). The van der Waals surface area contributed by atoms with Gasteiger partial charge in [0.1, 0.15) is 28.8 Å². The number of rotatable bonds is 6. The maximum atomic E-state index is 14.1. The molecule has 1 amide bonds. The van der Waals surface area contributed by atoms with Crippen molar-refractivity contribution in [3.63, 3.8) is 0 Å². The first-order valence-corrected chi connectivity index (χ1v) is 16.0. The van der Waals surface area contributed by atoms with Gasteiger partial charge in [0, 0.05) is 35.9 Å². The van der Waals surface area contributed by atoms with E-state index in [2.05, 4.69) is 21.7 Å². The number of para-hydroxylation sites is 1. The topological polar surface area (TPSA) is 153 Å². The van der Waals surface area contributed by atoms with Crippen LogP contribution in [0.2, 0.25) is 0 Å². The van der Waals surface area contributed by atoms with Crippen LogP contribution < -0.4 is 15.4 Å². The molecule has 3 aliphatic heterocycles. The molecule has 1 spiro atoms. The van der Waals surface area contributed by atoms with E-state index < -0.39 is 29.7 Å². The summed E-state index contributed by atoms with van der Waals surface area (Å²) >= 11 is 0. The number of carbonyl (C=O) groups is 2. The fourth-order valence-corrected chi connectivity index (χ4v) is 7.18. The van der Waals surface area contributed by atoms with Gasteiger partial charge in [-0.3, -0.25) is 14.6 Å². The van der Waals surface area contributed by atoms with Gasteiger partial charge in [0.15, 0.2) is 29.0 Å². The fourth-order valence-electron chi connectivity index (χ4n) is 7.18. The van der Waals surface area contributed by atoms with E-state index in [9.17, 15) is 14.7 Å². The lowest BCUT2D eigenvalue weighted by molar-refractivity contribution is -0.135. The Morgan fingerprint density at radius 2 is 1.87 bits per heavy atom. The highest BCUT2D eigenvalue weighted by Gasteiger charge is 2.61. The Kier molecular flexibility index (Phi) is 6.73. The molecule has 47 heavy (non-hydrogen) atoms. The molecule has 240 valence electrons. The fraction of sp³-hybridized carbons (Fsp3) is 0.361. The largest absolute Gasteiger partial charge is 0.469 e. The minimum atomic E-state index is -1.16. The molecule has 0 saturated heterocycles. The van der Waals surface area contributed by atoms with Crippen molar-refractivity contribution in [2.45, 2.75) is 64.3 Å². The van der Waals surface area contributed by atoms with E-state index in [0.29, 0.717) is 28.3 Å². The third kappa shape index (κ3) is 4.47. The number of anilines is 1. The number of nitrogens with one attached hydrogen (secondary N) is 2. The summed E-state index contributed by atoms with van der Waals surface area (Å²) < 4.78 is 19.8. The molecule has 0 fully saturated rings. The number of ketones is 1.